The van der Waals surface area contributed by atoms with Crippen molar-refractivity contribution in [1.82, 2.24) is 0 Å². The van der Waals surface area contributed by atoms with Gasteiger partial charge in [-0.25, -0.2) is 35.1 Å². The van der Waals surface area contributed by atoms with Crippen molar-refractivity contribution in [2.75, 3.05) is 0 Å². The standard InChI is InChI=1S/C18H11Cl3F10Si/c19-32(20,21)18(30,31)16(27,8-4-7-9-5-2-1-3-6-9)17(28,29)10-11(22)13(24)15(26)14(25)12(10)23/h1-3,5-6H,4,7-8H2. The predicted molar refractivity (Wildman–Crippen MR) is 102 cm³/mol. The van der Waals surface area contributed by atoms with Gasteiger partial charge in [-0.1, -0.05) is 30.3 Å². The molecule has 178 valence electrons. The molecule has 0 saturated heterocycles. The first-order valence-corrected chi connectivity index (χ1v) is 13.6. The third-order valence-electron chi connectivity index (χ3n) is 4.70. The number of hydrogen-bond acceptors (Lipinski definition) is 0. The van der Waals surface area contributed by atoms with Gasteiger partial charge in [0.25, 0.3) is 0 Å². The molecule has 0 radical (unpaired) electrons. The molecule has 0 spiro atoms. The summed E-state index contributed by atoms with van der Waals surface area (Å²) in [6.45, 7) is 0. The maximum Gasteiger partial charge on any atom is 0.420 e. The van der Waals surface area contributed by atoms with Gasteiger partial charge in [-0.05, 0) is 24.8 Å². The summed E-state index contributed by atoms with van der Waals surface area (Å²) in [7, 11) is 0. The largest absolute Gasteiger partial charge is 0.420 e. The summed E-state index contributed by atoms with van der Waals surface area (Å²) < 4.78 is 143. The summed E-state index contributed by atoms with van der Waals surface area (Å²) in [4.78, 5) is 0. The quantitative estimate of drug-likeness (QED) is 0.102. The van der Waals surface area contributed by atoms with Crippen LogP contribution >= 0.6 is 33.2 Å². The van der Waals surface area contributed by atoms with E-state index < -0.39 is 70.6 Å². The first kappa shape index (κ1) is 27.1. The zero-order valence-corrected chi connectivity index (χ0v) is 18.7. The zero-order chi connectivity index (χ0) is 24.7. The summed E-state index contributed by atoms with van der Waals surface area (Å²) >= 11 is 15.4. The van der Waals surface area contributed by atoms with E-state index in [9.17, 15) is 30.7 Å². The summed E-state index contributed by atoms with van der Waals surface area (Å²) in [5.74, 6) is -20.9. The van der Waals surface area contributed by atoms with Crippen LogP contribution in [0.5, 0.6) is 0 Å². The lowest BCUT2D eigenvalue weighted by molar-refractivity contribution is -0.229. The van der Waals surface area contributed by atoms with E-state index in [1.807, 2.05) is 0 Å². The molecule has 2 rings (SSSR count). The highest BCUT2D eigenvalue weighted by molar-refractivity contribution is 7.65. The normalized spacial score (nSPS) is 15.0. The van der Waals surface area contributed by atoms with Crippen LogP contribution in [0.3, 0.4) is 0 Å². The molecule has 2 aromatic rings. The van der Waals surface area contributed by atoms with E-state index in [0.717, 1.165) is 0 Å². The number of benzene rings is 2. The Kier molecular flexibility index (Phi) is 7.81. The number of halogens is 13. The van der Waals surface area contributed by atoms with Gasteiger partial charge in [-0.15, -0.1) is 33.2 Å². The molecule has 0 heterocycles. The average Bonchev–Trinajstić information content (AvgIpc) is 2.70. The smallest absolute Gasteiger partial charge is 0.230 e. The van der Waals surface area contributed by atoms with Crippen LogP contribution in [-0.4, -0.2) is 17.2 Å². The van der Waals surface area contributed by atoms with Crippen molar-refractivity contribution < 1.29 is 43.9 Å². The van der Waals surface area contributed by atoms with Crippen LogP contribution in [0.15, 0.2) is 30.3 Å². The molecule has 2 aromatic carbocycles. The summed E-state index contributed by atoms with van der Waals surface area (Å²) in [5.41, 5.74) is -13.5. The van der Waals surface area contributed by atoms with Crippen LogP contribution < -0.4 is 0 Å². The Morgan fingerprint density at radius 1 is 0.688 bits per heavy atom. The Labute approximate surface area is 190 Å². The van der Waals surface area contributed by atoms with Gasteiger partial charge >= 0.3 is 17.5 Å². The van der Waals surface area contributed by atoms with Crippen LogP contribution in [0.2, 0.25) is 0 Å². The molecule has 0 amide bonds. The molecule has 0 aromatic heterocycles. The van der Waals surface area contributed by atoms with Gasteiger partial charge in [-0.3, -0.25) is 0 Å². The van der Waals surface area contributed by atoms with Crippen LogP contribution in [0.4, 0.5) is 43.9 Å². The molecule has 0 N–H and O–H groups in total. The van der Waals surface area contributed by atoms with E-state index in [0.29, 0.717) is 5.56 Å². The molecular formula is C18H11Cl3F10Si. The fourth-order valence-corrected chi connectivity index (χ4v) is 5.07. The SMILES string of the molecule is Fc1c(F)c(F)c(C(F)(F)C(F)(CCCc2ccccc2)C(F)(F)[Si](Cl)(Cl)Cl)c(F)c1F. The van der Waals surface area contributed by atoms with Crippen molar-refractivity contribution in [1.29, 1.82) is 0 Å². The molecule has 0 aliphatic carbocycles. The molecular weight excluding hydrogens is 541 g/mol. The minimum Gasteiger partial charge on any atom is -0.230 e. The molecule has 32 heavy (non-hydrogen) atoms. The molecule has 14 heteroatoms. The van der Waals surface area contributed by atoms with Gasteiger partial charge in [-0.2, -0.15) is 8.78 Å². The highest BCUT2D eigenvalue weighted by atomic mass is 35.8. The molecule has 1 atom stereocenters. The number of aryl methyl sites for hydroxylation is 1. The molecule has 0 aliphatic heterocycles. The van der Waals surface area contributed by atoms with Crippen LogP contribution in [0.25, 0.3) is 0 Å². The average molecular weight is 552 g/mol. The van der Waals surface area contributed by atoms with E-state index in [2.05, 4.69) is 0 Å². The van der Waals surface area contributed by atoms with E-state index in [4.69, 9.17) is 33.2 Å². The fourth-order valence-electron chi connectivity index (χ4n) is 3.00. The Hall–Kier alpha value is -1.17. The lowest BCUT2D eigenvalue weighted by Crippen LogP contribution is -2.63. The summed E-state index contributed by atoms with van der Waals surface area (Å²) in [6.07, 6.45) is -2.89. The fraction of sp³-hybridized carbons (Fsp3) is 0.333. The van der Waals surface area contributed by atoms with Crippen molar-refractivity contribution in [2.45, 2.75) is 36.4 Å². The predicted octanol–water partition coefficient (Wildman–Crippen LogP) is 8.03. The van der Waals surface area contributed by atoms with E-state index in [-0.39, 0.29) is 6.42 Å². The summed E-state index contributed by atoms with van der Waals surface area (Å²) in [6, 6.07) is 1.73. The molecule has 0 nitrogen and oxygen atoms in total. The molecule has 1 unspecified atom stereocenters. The monoisotopic (exact) mass is 550 g/mol. The molecule has 0 saturated carbocycles. The Morgan fingerprint density at radius 3 is 1.56 bits per heavy atom. The van der Waals surface area contributed by atoms with Crippen LogP contribution in [0.1, 0.15) is 24.0 Å². The lowest BCUT2D eigenvalue weighted by Gasteiger charge is -2.41. The van der Waals surface area contributed by atoms with Gasteiger partial charge < -0.3 is 0 Å². The first-order valence-electron chi connectivity index (χ1n) is 8.57. The van der Waals surface area contributed by atoms with E-state index in [1.54, 1.807) is 6.07 Å². The highest BCUT2D eigenvalue weighted by Gasteiger charge is 2.78. The minimum atomic E-state index is -5.99. The second kappa shape index (κ2) is 9.23. The van der Waals surface area contributed by atoms with Gasteiger partial charge in [0.15, 0.2) is 23.3 Å². The second-order valence-electron chi connectivity index (χ2n) is 6.73. The summed E-state index contributed by atoms with van der Waals surface area (Å²) in [5, 5.41) is 0. The Balaban J connectivity index is 2.66. The Morgan fingerprint density at radius 2 is 1.12 bits per heavy atom. The molecule has 0 fully saturated rings. The van der Waals surface area contributed by atoms with Crippen molar-refractivity contribution in [3.05, 3.63) is 70.5 Å². The molecule has 0 bridgehead atoms. The van der Waals surface area contributed by atoms with Crippen molar-refractivity contribution >= 4 is 39.2 Å². The first-order chi connectivity index (χ1) is 14.5. The van der Waals surface area contributed by atoms with Gasteiger partial charge in [0.2, 0.25) is 11.5 Å². The third-order valence-corrected chi connectivity index (χ3v) is 7.95. The van der Waals surface area contributed by atoms with Crippen molar-refractivity contribution in [3.8, 4) is 0 Å². The minimum absolute atomic E-state index is 0.267. The van der Waals surface area contributed by atoms with Gasteiger partial charge in [0, 0.05) is 0 Å². The van der Waals surface area contributed by atoms with Gasteiger partial charge in [0.05, 0.1) is 0 Å². The van der Waals surface area contributed by atoms with E-state index >= 15 is 13.2 Å². The van der Waals surface area contributed by atoms with Gasteiger partial charge in [0.1, 0.15) is 5.56 Å². The van der Waals surface area contributed by atoms with Crippen molar-refractivity contribution in [3.63, 3.8) is 0 Å². The zero-order valence-electron chi connectivity index (χ0n) is 15.4. The number of hydrogen-bond donors (Lipinski definition) is 0. The number of rotatable bonds is 8. The highest BCUT2D eigenvalue weighted by Crippen LogP contribution is 2.59. The Bertz CT molecular complexity index is 952. The third kappa shape index (κ3) is 4.45. The maximum atomic E-state index is 15.6. The topological polar surface area (TPSA) is 0 Å². The molecule has 0 aliphatic rings. The second-order valence-corrected chi connectivity index (χ2v) is 15.2. The van der Waals surface area contributed by atoms with Crippen molar-refractivity contribution in [2.24, 2.45) is 0 Å². The van der Waals surface area contributed by atoms with E-state index in [1.165, 1.54) is 24.3 Å². The lowest BCUT2D eigenvalue weighted by atomic mass is 9.85. The van der Waals surface area contributed by atoms with Crippen LogP contribution in [-0.2, 0) is 12.3 Å². The van der Waals surface area contributed by atoms with Crippen LogP contribution in [0, 0.1) is 29.1 Å². The maximum absolute atomic E-state index is 15.6. The number of alkyl halides is 5.